The fraction of sp³-hybridized carbons (Fsp3) is 0.250. The van der Waals surface area contributed by atoms with Crippen LogP contribution in [0.1, 0.15) is 5.89 Å². The molecule has 164 valence electrons. The highest BCUT2D eigenvalue weighted by atomic mass is 32.2. The third kappa shape index (κ3) is 5.06. The highest BCUT2D eigenvalue weighted by molar-refractivity contribution is 7.90. The normalized spacial score (nSPS) is 11.5. The van der Waals surface area contributed by atoms with E-state index in [4.69, 9.17) is 4.52 Å². The van der Waals surface area contributed by atoms with Gasteiger partial charge in [-0.1, -0.05) is 47.6 Å². The van der Waals surface area contributed by atoms with Crippen LogP contribution in [0.5, 0.6) is 0 Å². The van der Waals surface area contributed by atoms with Crippen LogP contribution in [-0.4, -0.2) is 61.4 Å². The number of amides is 1. The van der Waals surface area contributed by atoms with Gasteiger partial charge in [-0.2, -0.15) is 17.7 Å². The molecule has 1 heterocycles. The number of halogens is 1. The van der Waals surface area contributed by atoms with E-state index < -0.39 is 28.5 Å². The Morgan fingerprint density at radius 2 is 1.68 bits per heavy atom. The van der Waals surface area contributed by atoms with Gasteiger partial charge in [-0.15, -0.1) is 0 Å². The number of aromatic nitrogens is 2. The first-order chi connectivity index (χ1) is 14.7. The van der Waals surface area contributed by atoms with Crippen molar-refractivity contribution in [3.05, 3.63) is 66.3 Å². The van der Waals surface area contributed by atoms with E-state index in [0.29, 0.717) is 5.82 Å². The van der Waals surface area contributed by atoms with Crippen molar-refractivity contribution in [2.45, 2.75) is 6.54 Å². The fourth-order valence-corrected chi connectivity index (χ4v) is 3.76. The molecule has 3 rings (SSSR count). The monoisotopic (exact) mass is 447 g/mol. The molecule has 1 amide bonds. The Hall–Kier alpha value is -3.31. The van der Waals surface area contributed by atoms with E-state index in [1.165, 1.54) is 44.2 Å². The van der Waals surface area contributed by atoms with E-state index in [-0.39, 0.29) is 18.1 Å². The zero-order chi connectivity index (χ0) is 22.6. The highest BCUT2D eigenvalue weighted by Crippen LogP contribution is 2.23. The second-order valence-corrected chi connectivity index (χ2v) is 8.94. The van der Waals surface area contributed by atoms with Crippen LogP contribution in [0.3, 0.4) is 0 Å². The second kappa shape index (κ2) is 9.23. The van der Waals surface area contributed by atoms with Crippen molar-refractivity contribution in [3.8, 4) is 11.4 Å². The Kier molecular flexibility index (Phi) is 6.66. The number of nitrogens with zero attached hydrogens (tertiary/aromatic N) is 5. The standard InChI is InChI=1S/C20H22FN5O4S/c1-24(2)31(28,29)26(17-12-8-7-11-16(17)21)14-19(27)25(3)13-18-22-20(23-30-18)15-9-5-4-6-10-15/h4-12H,13-14H2,1-3H3. The number of hydrogen-bond donors (Lipinski definition) is 0. The minimum Gasteiger partial charge on any atom is -0.337 e. The van der Waals surface area contributed by atoms with Gasteiger partial charge < -0.3 is 9.42 Å². The highest BCUT2D eigenvalue weighted by Gasteiger charge is 2.30. The van der Waals surface area contributed by atoms with Crippen LogP contribution >= 0.6 is 0 Å². The van der Waals surface area contributed by atoms with Gasteiger partial charge in [-0.05, 0) is 12.1 Å². The van der Waals surface area contributed by atoms with Gasteiger partial charge in [0.25, 0.3) is 0 Å². The molecule has 0 saturated heterocycles. The van der Waals surface area contributed by atoms with Crippen molar-refractivity contribution >= 4 is 21.8 Å². The molecule has 0 bridgehead atoms. The average molecular weight is 447 g/mol. The van der Waals surface area contributed by atoms with Gasteiger partial charge in [0.05, 0.1) is 12.2 Å². The van der Waals surface area contributed by atoms with E-state index in [2.05, 4.69) is 10.1 Å². The van der Waals surface area contributed by atoms with Crippen molar-refractivity contribution in [1.29, 1.82) is 0 Å². The lowest BCUT2D eigenvalue weighted by atomic mass is 10.2. The van der Waals surface area contributed by atoms with Gasteiger partial charge in [-0.25, -0.2) is 8.70 Å². The van der Waals surface area contributed by atoms with E-state index in [1.54, 1.807) is 0 Å². The number of carbonyl (C=O) groups is 1. The third-order valence-electron chi connectivity index (χ3n) is 4.44. The summed E-state index contributed by atoms with van der Waals surface area (Å²) < 4.78 is 46.6. The SMILES string of the molecule is CN(Cc1nc(-c2ccccc2)no1)C(=O)CN(c1ccccc1F)S(=O)(=O)N(C)C. The zero-order valence-corrected chi connectivity index (χ0v) is 18.1. The summed E-state index contributed by atoms with van der Waals surface area (Å²) in [5, 5.41) is 3.89. The number of rotatable bonds is 8. The minimum absolute atomic E-state index is 0.0359. The summed E-state index contributed by atoms with van der Waals surface area (Å²) in [6.07, 6.45) is 0. The molecule has 9 nitrogen and oxygen atoms in total. The molecule has 0 unspecified atom stereocenters. The van der Waals surface area contributed by atoms with Crippen molar-refractivity contribution in [2.24, 2.45) is 0 Å². The molecule has 1 aromatic heterocycles. The molecular weight excluding hydrogens is 425 g/mol. The predicted octanol–water partition coefficient (Wildman–Crippen LogP) is 2.15. The van der Waals surface area contributed by atoms with Crippen molar-refractivity contribution in [3.63, 3.8) is 0 Å². The predicted molar refractivity (Wildman–Crippen MR) is 113 cm³/mol. The first-order valence-electron chi connectivity index (χ1n) is 9.27. The van der Waals surface area contributed by atoms with Crippen molar-refractivity contribution in [1.82, 2.24) is 19.3 Å². The number of benzene rings is 2. The molecule has 0 aliphatic heterocycles. The molecular formula is C20H22FN5O4S. The van der Waals surface area contributed by atoms with Gasteiger partial charge in [0.1, 0.15) is 12.4 Å². The number of hydrogen-bond acceptors (Lipinski definition) is 6. The third-order valence-corrected chi connectivity index (χ3v) is 6.24. The number of carbonyl (C=O) groups excluding carboxylic acids is 1. The molecule has 3 aromatic rings. The summed E-state index contributed by atoms with van der Waals surface area (Å²) in [7, 11) is -0.0384. The van der Waals surface area contributed by atoms with Gasteiger partial charge in [0.15, 0.2) is 0 Å². The van der Waals surface area contributed by atoms with Crippen LogP contribution < -0.4 is 4.31 Å². The first kappa shape index (κ1) is 22.4. The number of para-hydroxylation sites is 1. The Morgan fingerprint density at radius 3 is 2.32 bits per heavy atom. The Labute approximate surface area is 179 Å². The van der Waals surface area contributed by atoms with Gasteiger partial charge >= 0.3 is 10.2 Å². The molecule has 0 aliphatic carbocycles. The lowest BCUT2D eigenvalue weighted by Crippen LogP contribution is -2.46. The van der Waals surface area contributed by atoms with Crippen LogP contribution in [0.2, 0.25) is 0 Å². The molecule has 0 N–H and O–H groups in total. The van der Waals surface area contributed by atoms with Crippen LogP contribution in [0.25, 0.3) is 11.4 Å². The topological polar surface area (TPSA) is 99.9 Å². The Bertz CT molecular complexity index is 1150. The van der Waals surface area contributed by atoms with Crippen LogP contribution in [-0.2, 0) is 21.5 Å². The second-order valence-electron chi connectivity index (χ2n) is 6.88. The molecule has 0 saturated carbocycles. The maximum atomic E-state index is 14.3. The van der Waals surface area contributed by atoms with E-state index >= 15 is 0 Å². The molecule has 11 heteroatoms. The summed E-state index contributed by atoms with van der Waals surface area (Å²) in [6.45, 7) is -0.635. The van der Waals surface area contributed by atoms with E-state index in [1.807, 2.05) is 30.3 Å². The Balaban J connectivity index is 1.77. The fourth-order valence-electron chi connectivity index (χ4n) is 2.70. The zero-order valence-electron chi connectivity index (χ0n) is 17.3. The molecule has 0 radical (unpaired) electrons. The summed E-state index contributed by atoms with van der Waals surface area (Å²) in [6, 6.07) is 14.5. The molecule has 0 atom stereocenters. The van der Waals surface area contributed by atoms with Crippen molar-refractivity contribution in [2.75, 3.05) is 32.0 Å². The lowest BCUT2D eigenvalue weighted by molar-refractivity contribution is -0.129. The Morgan fingerprint density at radius 1 is 1.03 bits per heavy atom. The van der Waals surface area contributed by atoms with Crippen LogP contribution in [0, 0.1) is 5.82 Å². The molecule has 0 aliphatic rings. The lowest BCUT2D eigenvalue weighted by Gasteiger charge is -2.28. The largest absolute Gasteiger partial charge is 0.337 e. The molecule has 2 aromatic carbocycles. The summed E-state index contributed by atoms with van der Waals surface area (Å²) in [4.78, 5) is 18.3. The maximum absolute atomic E-state index is 14.3. The van der Waals surface area contributed by atoms with Crippen molar-refractivity contribution < 1.29 is 22.1 Å². The summed E-state index contributed by atoms with van der Waals surface area (Å²) in [5.41, 5.74) is 0.538. The van der Waals surface area contributed by atoms with Gasteiger partial charge in [0.2, 0.25) is 17.6 Å². The smallest absolute Gasteiger partial charge is 0.304 e. The minimum atomic E-state index is -4.12. The van der Waals surface area contributed by atoms with Crippen LogP contribution in [0.4, 0.5) is 10.1 Å². The summed E-state index contributed by atoms with van der Waals surface area (Å²) >= 11 is 0. The number of likely N-dealkylation sites (N-methyl/N-ethyl adjacent to an activating group) is 1. The summed E-state index contributed by atoms with van der Waals surface area (Å²) in [5.74, 6) is -0.775. The van der Waals surface area contributed by atoms with E-state index in [9.17, 15) is 17.6 Å². The van der Waals surface area contributed by atoms with Gasteiger partial charge in [-0.3, -0.25) is 4.79 Å². The average Bonchev–Trinajstić information content (AvgIpc) is 3.21. The number of anilines is 1. The van der Waals surface area contributed by atoms with Crippen LogP contribution in [0.15, 0.2) is 59.1 Å². The first-order valence-corrected chi connectivity index (χ1v) is 10.7. The van der Waals surface area contributed by atoms with Gasteiger partial charge in [0, 0.05) is 26.7 Å². The quantitative estimate of drug-likeness (QED) is 0.525. The molecule has 31 heavy (non-hydrogen) atoms. The maximum Gasteiger partial charge on any atom is 0.304 e. The molecule has 0 fully saturated rings. The molecule has 0 spiro atoms. The van der Waals surface area contributed by atoms with E-state index in [0.717, 1.165) is 20.2 Å².